The summed E-state index contributed by atoms with van der Waals surface area (Å²) in [5, 5.41) is 14.6. The van der Waals surface area contributed by atoms with Crippen LogP contribution in [0.15, 0.2) is 78.9 Å². The van der Waals surface area contributed by atoms with Gasteiger partial charge in [-0.2, -0.15) is 5.26 Å². The summed E-state index contributed by atoms with van der Waals surface area (Å²) in [7, 11) is 0. The number of carbonyl (C=O) groups is 2. The lowest BCUT2D eigenvalue weighted by atomic mass is 10.1. The Balaban J connectivity index is 1.64. The Morgan fingerprint density at radius 3 is 2.14 bits per heavy atom. The van der Waals surface area contributed by atoms with Gasteiger partial charge < -0.3 is 10.6 Å². The van der Waals surface area contributed by atoms with Crippen LogP contribution >= 0.6 is 0 Å². The van der Waals surface area contributed by atoms with Crippen LogP contribution in [-0.2, 0) is 0 Å². The molecule has 0 saturated carbocycles. The average molecular weight is 369 g/mol. The number of rotatable bonds is 5. The van der Waals surface area contributed by atoms with Crippen molar-refractivity contribution in [1.29, 1.82) is 5.26 Å². The Labute approximate surface area is 163 Å². The molecule has 0 aliphatic rings. The Morgan fingerprint density at radius 1 is 0.857 bits per heavy atom. The van der Waals surface area contributed by atoms with E-state index in [1.54, 1.807) is 48.5 Å². The third-order valence-corrected chi connectivity index (χ3v) is 4.31. The summed E-state index contributed by atoms with van der Waals surface area (Å²) < 4.78 is 0. The third kappa shape index (κ3) is 4.63. The van der Waals surface area contributed by atoms with E-state index in [1.807, 2.05) is 43.3 Å². The number of benzene rings is 3. The van der Waals surface area contributed by atoms with Gasteiger partial charge in [0.2, 0.25) is 0 Å². The number of anilines is 1. The van der Waals surface area contributed by atoms with E-state index in [0.29, 0.717) is 22.4 Å². The molecule has 0 fully saturated rings. The molecule has 0 aliphatic heterocycles. The highest BCUT2D eigenvalue weighted by Gasteiger charge is 2.12. The van der Waals surface area contributed by atoms with Crippen LogP contribution in [0.25, 0.3) is 0 Å². The van der Waals surface area contributed by atoms with Gasteiger partial charge in [0.05, 0.1) is 17.7 Å². The summed E-state index contributed by atoms with van der Waals surface area (Å²) in [6.07, 6.45) is 0. The molecule has 0 aromatic heterocycles. The van der Waals surface area contributed by atoms with Crippen LogP contribution in [0.1, 0.15) is 44.8 Å². The topological polar surface area (TPSA) is 82.0 Å². The highest BCUT2D eigenvalue weighted by molar-refractivity contribution is 6.05. The molecule has 1 unspecified atom stereocenters. The highest BCUT2D eigenvalue weighted by Crippen LogP contribution is 2.14. The van der Waals surface area contributed by atoms with Crippen molar-refractivity contribution in [3.05, 3.63) is 101 Å². The second-order valence-corrected chi connectivity index (χ2v) is 6.33. The SMILES string of the molecule is CC(NC(=O)c1ccc(C(=O)Nc2cccc(C#N)c2)cc1)c1ccccc1. The predicted molar refractivity (Wildman–Crippen MR) is 108 cm³/mol. The second-order valence-electron chi connectivity index (χ2n) is 6.33. The van der Waals surface area contributed by atoms with E-state index in [0.717, 1.165) is 5.56 Å². The van der Waals surface area contributed by atoms with Crippen molar-refractivity contribution in [1.82, 2.24) is 5.32 Å². The lowest BCUT2D eigenvalue weighted by molar-refractivity contribution is 0.0938. The molecule has 0 aliphatic carbocycles. The van der Waals surface area contributed by atoms with Gasteiger partial charge in [0.25, 0.3) is 11.8 Å². The van der Waals surface area contributed by atoms with E-state index in [1.165, 1.54) is 0 Å². The molecule has 0 heterocycles. The smallest absolute Gasteiger partial charge is 0.255 e. The minimum atomic E-state index is -0.306. The summed E-state index contributed by atoms with van der Waals surface area (Å²) in [5.41, 5.74) is 2.94. The van der Waals surface area contributed by atoms with Gasteiger partial charge in [-0.15, -0.1) is 0 Å². The fourth-order valence-corrected chi connectivity index (χ4v) is 2.75. The Bertz CT molecular complexity index is 1020. The number of nitrogens with one attached hydrogen (secondary N) is 2. The molecule has 3 rings (SSSR count). The normalized spacial score (nSPS) is 11.1. The van der Waals surface area contributed by atoms with E-state index in [-0.39, 0.29) is 17.9 Å². The van der Waals surface area contributed by atoms with Gasteiger partial charge in [0, 0.05) is 16.8 Å². The zero-order chi connectivity index (χ0) is 19.9. The highest BCUT2D eigenvalue weighted by atomic mass is 16.2. The van der Waals surface area contributed by atoms with Crippen molar-refractivity contribution in [2.45, 2.75) is 13.0 Å². The van der Waals surface area contributed by atoms with Crippen molar-refractivity contribution in [3.63, 3.8) is 0 Å². The second kappa shape index (κ2) is 8.65. The zero-order valence-corrected chi connectivity index (χ0v) is 15.3. The summed E-state index contributed by atoms with van der Waals surface area (Å²) in [6, 6.07) is 24.7. The molecule has 138 valence electrons. The van der Waals surface area contributed by atoms with Crippen molar-refractivity contribution in [2.24, 2.45) is 0 Å². The number of hydrogen-bond acceptors (Lipinski definition) is 3. The van der Waals surface area contributed by atoms with Crippen molar-refractivity contribution in [3.8, 4) is 6.07 Å². The van der Waals surface area contributed by atoms with Crippen molar-refractivity contribution < 1.29 is 9.59 Å². The monoisotopic (exact) mass is 369 g/mol. The minimum absolute atomic E-state index is 0.121. The van der Waals surface area contributed by atoms with Gasteiger partial charge in [0.1, 0.15) is 0 Å². The van der Waals surface area contributed by atoms with Crippen LogP contribution in [-0.4, -0.2) is 11.8 Å². The Hall–Kier alpha value is -3.91. The summed E-state index contributed by atoms with van der Waals surface area (Å²) in [5.74, 6) is -0.510. The van der Waals surface area contributed by atoms with Gasteiger partial charge in [-0.25, -0.2) is 0 Å². The predicted octanol–water partition coefficient (Wildman–Crippen LogP) is 4.30. The van der Waals surface area contributed by atoms with Crippen LogP contribution in [0.3, 0.4) is 0 Å². The molecule has 28 heavy (non-hydrogen) atoms. The Morgan fingerprint density at radius 2 is 1.50 bits per heavy atom. The number of nitriles is 1. The summed E-state index contributed by atoms with van der Waals surface area (Å²) >= 11 is 0. The van der Waals surface area contributed by atoms with Gasteiger partial charge in [0.15, 0.2) is 0 Å². The lowest BCUT2D eigenvalue weighted by Gasteiger charge is -2.14. The van der Waals surface area contributed by atoms with Crippen molar-refractivity contribution >= 4 is 17.5 Å². The van der Waals surface area contributed by atoms with Gasteiger partial charge in [-0.05, 0) is 55.0 Å². The van der Waals surface area contributed by atoms with E-state index < -0.39 is 0 Å². The van der Waals surface area contributed by atoms with Crippen LogP contribution < -0.4 is 10.6 Å². The molecule has 0 radical (unpaired) electrons. The maximum atomic E-state index is 12.4. The van der Waals surface area contributed by atoms with E-state index in [2.05, 4.69) is 10.6 Å². The first-order valence-corrected chi connectivity index (χ1v) is 8.84. The van der Waals surface area contributed by atoms with Crippen LogP contribution in [0, 0.1) is 11.3 Å². The van der Waals surface area contributed by atoms with E-state index in [9.17, 15) is 9.59 Å². The Kier molecular flexibility index (Phi) is 5.83. The fraction of sp³-hybridized carbons (Fsp3) is 0.0870. The van der Waals surface area contributed by atoms with Crippen LogP contribution in [0.5, 0.6) is 0 Å². The molecule has 5 heteroatoms. The lowest BCUT2D eigenvalue weighted by Crippen LogP contribution is -2.26. The molecular weight excluding hydrogens is 350 g/mol. The van der Waals surface area contributed by atoms with Gasteiger partial charge in [-0.1, -0.05) is 36.4 Å². The largest absolute Gasteiger partial charge is 0.346 e. The number of nitrogens with zero attached hydrogens (tertiary/aromatic N) is 1. The van der Waals surface area contributed by atoms with Crippen molar-refractivity contribution in [2.75, 3.05) is 5.32 Å². The first-order chi connectivity index (χ1) is 13.6. The number of hydrogen-bond donors (Lipinski definition) is 2. The average Bonchev–Trinajstić information content (AvgIpc) is 2.74. The zero-order valence-electron chi connectivity index (χ0n) is 15.3. The maximum absolute atomic E-state index is 12.4. The van der Waals surface area contributed by atoms with E-state index in [4.69, 9.17) is 5.26 Å². The fourth-order valence-electron chi connectivity index (χ4n) is 2.75. The molecule has 5 nitrogen and oxygen atoms in total. The molecular formula is C23H19N3O2. The molecule has 3 aromatic carbocycles. The molecule has 2 N–H and O–H groups in total. The maximum Gasteiger partial charge on any atom is 0.255 e. The van der Waals surface area contributed by atoms with Gasteiger partial charge >= 0.3 is 0 Å². The van der Waals surface area contributed by atoms with Crippen LogP contribution in [0.2, 0.25) is 0 Å². The summed E-state index contributed by atoms with van der Waals surface area (Å²) in [4.78, 5) is 24.8. The molecule has 0 saturated heterocycles. The molecule has 3 aromatic rings. The molecule has 1 atom stereocenters. The standard InChI is InChI=1S/C23H19N3O2/c1-16(18-7-3-2-4-8-18)25-22(27)19-10-12-20(13-11-19)23(28)26-21-9-5-6-17(14-21)15-24/h2-14,16H,1H3,(H,25,27)(H,26,28). The van der Waals surface area contributed by atoms with E-state index >= 15 is 0 Å². The quantitative estimate of drug-likeness (QED) is 0.703. The third-order valence-electron chi connectivity index (χ3n) is 4.31. The summed E-state index contributed by atoms with van der Waals surface area (Å²) in [6.45, 7) is 1.92. The molecule has 0 bridgehead atoms. The minimum Gasteiger partial charge on any atom is -0.346 e. The number of carbonyl (C=O) groups excluding carboxylic acids is 2. The first kappa shape index (κ1) is 18.9. The first-order valence-electron chi connectivity index (χ1n) is 8.84. The van der Waals surface area contributed by atoms with Gasteiger partial charge in [-0.3, -0.25) is 9.59 Å². The molecule has 0 spiro atoms. The van der Waals surface area contributed by atoms with Crippen LogP contribution in [0.4, 0.5) is 5.69 Å². The number of amides is 2. The molecule has 2 amide bonds.